The molecule has 0 saturated heterocycles. The summed E-state index contributed by atoms with van der Waals surface area (Å²) in [6.45, 7) is 4.48. The van der Waals surface area contributed by atoms with Gasteiger partial charge in [0, 0.05) is 12.1 Å². The van der Waals surface area contributed by atoms with Crippen molar-refractivity contribution < 1.29 is 45.6 Å². The number of ether oxygens (including phenoxy) is 2. The van der Waals surface area contributed by atoms with E-state index in [1.54, 1.807) is 24.3 Å². The number of aryl methyl sites for hydroxylation is 2. The molecule has 0 fully saturated rings. The van der Waals surface area contributed by atoms with Gasteiger partial charge in [0.05, 0.1) is 9.79 Å². The maximum Gasteiger partial charge on any atom is 2.00 e. The van der Waals surface area contributed by atoms with Gasteiger partial charge in [-0.2, -0.15) is 8.42 Å². The van der Waals surface area contributed by atoms with Crippen molar-refractivity contribution in [3.8, 4) is 34.5 Å². The summed E-state index contributed by atoms with van der Waals surface area (Å²) in [4.78, 5) is -0.577. The van der Waals surface area contributed by atoms with Gasteiger partial charge < -0.3 is 24.2 Å². The van der Waals surface area contributed by atoms with Crippen molar-refractivity contribution in [1.82, 2.24) is 0 Å². The summed E-state index contributed by atoms with van der Waals surface area (Å²) >= 11 is 0. The molecule has 2 N–H and O–H groups in total. The predicted molar refractivity (Wildman–Crippen MR) is 251 cm³/mol. The Bertz CT molecular complexity index is 1940. The van der Waals surface area contributed by atoms with E-state index < -0.39 is 20.2 Å². The Kier molecular flexibility index (Phi) is 28.5. The molecule has 0 aromatic heterocycles. The van der Waals surface area contributed by atoms with E-state index in [0.717, 1.165) is 49.7 Å². The fourth-order valence-electron chi connectivity index (χ4n) is 7.29. The van der Waals surface area contributed by atoms with E-state index in [1.165, 1.54) is 170 Å². The molecule has 0 aliphatic carbocycles. The van der Waals surface area contributed by atoms with E-state index in [4.69, 9.17) is 9.47 Å². The molecule has 0 aliphatic heterocycles. The molecule has 0 radical (unpaired) electrons. The minimum absolute atomic E-state index is 0. The van der Waals surface area contributed by atoms with Crippen LogP contribution in [0.1, 0.15) is 166 Å². The predicted octanol–water partition coefficient (Wildman–Crippen LogP) is 13.2. The first-order valence-electron chi connectivity index (χ1n) is 22.9. The summed E-state index contributed by atoms with van der Waals surface area (Å²) < 4.78 is 77.2. The molecule has 0 unspecified atom stereocenters. The van der Waals surface area contributed by atoms with Crippen LogP contribution in [0.25, 0.3) is 0 Å². The Morgan fingerprint density at radius 3 is 1.30 bits per heavy atom. The van der Waals surface area contributed by atoms with Gasteiger partial charge in [-0.05, 0) is 79.3 Å². The molecule has 0 amide bonds. The van der Waals surface area contributed by atoms with Crippen molar-refractivity contribution in [2.45, 2.75) is 178 Å². The van der Waals surface area contributed by atoms with Crippen molar-refractivity contribution in [1.29, 1.82) is 0 Å². The smallest absolute Gasteiger partial charge is 0.872 e. The largest absolute Gasteiger partial charge is 2.00 e. The molecular formula is C50H70CaO10S2. The van der Waals surface area contributed by atoms with Crippen LogP contribution in [0.5, 0.6) is 34.5 Å². The van der Waals surface area contributed by atoms with Crippen LogP contribution in [0, 0.1) is 0 Å². The van der Waals surface area contributed by atoms with Gasteiger partial charge >= 0.3 is 37.7 Å². The van der Waals surface area contributed by atoms with Crippen LogP contribution < -0.4 is 14.6 Å². The van der Waals surface area contributed by atoms with Crippen LogP contribution in [0.4, 0.5) is 0 Å². The second kappa shape index (κ2) is 31.9. The molecule has 0 saturated carbocycles. The number of phenols is 1. The molecule has 10 nitrogen and oxygen atoms in total. The standard InChI is InChI=1S/2C25H36O5S.Ca/c2*1-2-3-4-5-6-7-8-9-10-11-12-14-21-17-18-22(26)19-25(21)30-23-15-13-16-24(20-23)31(27,28)29;/h2*13,15-20,26H,2-12,14H2,1H3,(H,27,28,29);/q;;+2/p-2. The Morgan fingerprint density at radius 1 is 0.492 bits per heavy atom. The third-order valence-corrected chi connectivity index (χ3v) is 12.5. The maximum atomic E-state index is 11.8. The molecule has 63 heavy (non-hydrogen) atoms. The van der Waals surface area contributed by atoms with Crippen LogP contribution in [0.15, 0.2) is 94.7 Å². The number of hydrogen-bond acceptors (Lipinski definition) is 9. The molecule has 344 valence electrons. The fraction of sp³-hybridized carbons (Fsp3) is 0.520. The maximum absolute atomic E-state index is 11.8. The van der Waals surface area contributed by atoms with Gasteiger partial charge in [0.2, 0.25) is 0 Å². The van der Waals surface area contributed by atoms with E-state index in [2.05, 4.69) is 13.8 Å². The van der Waals surface area contributed by atoms with Crippen LogP contribution in [0.3, 0.4) is 0 Å². The van der Waals surface area contributed by atoms with E-state index in [0.29, 0.717) is 17.2 Å². The van der Waals surface area contributed by atoms with Gasteiger partial charge in [-0.25, -0.2) is 8.42 Å². The monoisotopic (exact) mass is 934 g/mol. The average molecular weight is 935 g/mol. The first-order chi connectivity index (χ1) is 29.8. The molecular weight excluding hydrogens is 865 g/mol. The average Bonchev–Trinajstić information content (AvgIpc) is 3.23. The van der Waals surface area contributed by atoms with E-state index >= 15 is 0 Å². The molecule has 13 heteroatoms. The summed E-state index contributed by atoms with van der Waals surface area (Å²) in [6, 6.07) is 20.8. The van der Waals surface area contributed by atoms with Gasteiger partial charge in [-0.3, -0.25) is 4.55 Å². The number of hydrogen-bond donors (Lipinski definition) is 2. The van der Waals surface area contributed by atoms with Crippen LogP contribution in [-0.2, 0) is 33.1 Å². The van der Waals surface area contributed by atoms with Gasteiger partial charge in [-0.15, -0.1) is 5.75 Å². The molecule has 4 aromatic carbocycles. The number of rotatable bonds is 30. The quantitative estimate of drug-likeness (QED) is 0.0291. The third kappa shape index (κ3) is 24.3. The Balaban J connectivity index is 0.000000427. The molecule has 0 atom stereocenters. The van der Waals surface area contributed by atoms with Crippen molar-refractivity contribution in [2.24, 2.45) is 0 Å². The Morgan fingerprint density at radius 2 is 0.873 bits per heavy atom. The van der Waals surface area contributed by atoms with Gasteiger partial charge in [0.1, 0.15) is 38.9 Å². The Hall–Kier alpha value is -2.84. The van der Waals surface area contributed by atoms with Crippen molar-refractivity contribution in [3.63, 3.8) is 0 Å². The number of unbranched alkanes of at least 4 members (excludes halogenated alkanes) is 20. The molecule has 0 heterocycles. The zero-order valence-corrected chi connectivity index (χ0v) is 41.6. The summed E-state index contributed by atoms with van der Waals surface area (Å²) in [5.74, 6) is 1.34. The van der Waals surface area contributed by atoms with Crippen molar-refractivity contribution in [2.75, 3.05) is 0 Å². The van der Waals surface area contributed by atoms with Crippen LogP contribution in [-0.4, -0.2) is 68.8 Å². The number of aromatic hydroxyl groups is 1. The first-order valence-corrected chi connectivity index (χ1v) is 25.8. The summed E-state index contributed by atoms with van der Waals surface area (Å²) in [6.07, 6.45) is 29.6. The van der Waals surface area contributed by atoms with Crippen LogP contribution in [0.2, 0.25) is 0 Å². The zero-order valence-electron chi connectivity index (χ0n) is 37.7. The minimum Gasteiger partial charge on any atom is -0.872 e. The topological polar surface area (TPSA) is 173 Å². The molecule has 4 rings (SSSR count). The molecule has 4 aromatic rings. The molecule has 0 aliphatic rings. The second-order valence-electron chi connectivity index (χ2n) is 16.2. The minimum atomic E-state index is -4.56. The normalized spacial score (nSPS) is 11.4. The van der Waals surface area contributed by atoms with Crippen molar-refractivity contribution >= 4 is 58.0 Å². The Labute approximate surface area is 408 Å². The zero-order chi connectivity index (χ0) is 45.1. The van der Waals surface area contributed by atoms with Crippen LogP contribution >= 0.6 is 0 Å². The third-order valence-electron chi connectivity index (χ3n) is 10.8. The second-order valence-corrected chi connectivity index (χ2v) is 19.0. The summed E-state index contributed by atoms with van der Waals surface area (Å²) in [5, 5.41) is 21.6. The summed E-state index contributed by atoms with van der Waals surface area (Å²) in [5.41, 5.74) is 1.87. The first kappa shape index (κ1) is 56.3. The van der Waals surface area contributed by atoms with E-state index in [1.807, 2.05) is 6.07 Å². The molecule has 0 spiro atoms. The number of phenolic OH excluding ortho intramolecular Hbond substituents is 1. The SMILES string of the molecule is CCCCCCCCCCCCCc1ccc(O)cc1Oc1cccc(S(=O)(=O)O)c1.CCCCCCCCCCCCCc1ccc([O-])cc1Oc1cccc(S(=O)(=O)[O-])c1.[Ca+2]. The van der Waals surface area contributed by atoms with Gasteiger partial charge in [0.15, 0.2) is 0 Å². The van der Waals surface area contributed by atoms with Crippen molar-refractivity contribution in [3.05, 3.63) is 96.1 Å². The summed E-state index contributed by atoms with van der Waals surface area (Å²) in [7, 11) is -8.86. The van der Waals surface area contributed by atoms with Gasteiger partial charge in [-0.1, -0.05) is 173 Å². The van der Waals surface area contributed by atoms with E-state index in [9.17, 15) is 36.2 Å². The number of benzene rings is 4. The van der Waals surface area contributed by atoms with Gasteiger partial charge in [0.25, 0.3) is 10.1 Å². The fourth-order valence-corrected chi connectivity index (χ4v) is 8.31. The molecule has 0 bridgehead atoms. The van der Waals surface area contributed by atoms with E-state index in [-0.39, 0.29) is 64.8 Å².